The topological polar surface area (TPSA) is 82.7 Å². The Morgan fingerprint density at radius 2 is 1.44 bits per heavy atom. The summed E-state index contributed by atoms with van der Waals surface area (Å²) in [6.07, 6.45) is 0. The molecule has 1 unspecified atom stereocenters. The van der Waals surface area contributed by atoms with Gasteiger partial charge in [-0.3, -0.25) is 4.79 Å². The Bertz CT molecular complexity index is 1040. The van der Waals surface area contributed by atoms with Gasteiger partial charge in [0.05, 0.1) is 13.2 Å². The molecule has 1 atom stereocenters. The lowest BCUT2D eigenvalue weighted by Crippen LogP contribution is -2.34. The Kier molecular flexibility index (Phi) is 7.83. The lowest BCUT2D eigenvalue weighted by atomic mass is 10.0. The summed E-state index contributed by atoms with van der Waals surface area (Å²) in [6, 6.07) is 23.3. The number of para-hydroxylation sites is 2. The van der Waals surface area contributed by atoms with Crippen molar-refractivity contribution in [3.63, 3.8) is 0 Å². The highest BCUT2D eigenvalue weighted by Gasteiger charge is 2.19. The maximum Gasteiger partial charge on any atom is 0.323 e. The van der Waals surface area contributed by atoms with Crippen molar-refractivity contribution >= 4 is 23.3 Å². The molecule has 166 valence electrons. The third-order valence-electron chi connectivity index (χ3n) is 5.01. The number of hydrogen-bond acceptors (Lipinski definition) is 4. The van der Waals surface area contributed by atoms with Gasteiger partial charge in [0.25, 0.3) is 5.91 Å². The number of urea groups is 1. The predicted octanol–water partition coefficient (Wildman–Crippen LogP) is 4.37. The molecule has 0 spiro atoms. The highest BCUT2D eigenvalue weighted by atomic mass is 16.5. The van der Waals surface area contributed by atoms with Gasteiger partial charge in [-0.2, -0.15) is 0 Å². The van der Waals surface area contributed by atoms with Crippen LogP contribution in [0.4, 0.5) is 16.2 Å². The molecule has 0 aromatic heterocycles. The molecule has 3 aromatic carbocycles. The van der Waals surface area contributed by atoms with Gasteiger partial charge in [-0.1, -0.05) is 36.4 Å². The third-order valence-corrected chi connectivity index (χ3v) is 5.01. The van der Waals surface area contributed by atoms with Crippen LogP contribution in [0.5, 0.6) is 5.75 Å². The van der Waals surface area contributed by atoms with Crippen LogP contribution in [-0.4, -0.2) is 44.6 Å². The van der Waals surface area contributed by atoms with E-state index in [9.17, 15) is 9.59 Å². The zero-order chi connectivity index (χ0) is 22.9. The molecule has 7 heteroatoms. The minimum absolute atomic E-state index is 0.0438. The summed E-state index contributed by atoms with van der Waals surface area (Å²) in [5, 5.41) is 8.49. The van der Waals surface area contributed by atoms with E-state index in [2.05, 4.69) is 16.0 Å². The molecule has 3 amide bonds. The van der Waals surface area contributed by atoms with Gasteiger partial charge in [0.2, 0.25) is 0 Å². The van der Waals surface area contributed by atoms with Gasteiger partial charge in [0, 0.05) is 29.0 Å². The minimum atomic E-state index is -0.348. The Labute approximate surface area is 188 Å². The smallest absolute Gasteiger partial charge is 0.323 e. The van der Waals surface area contributed by atoms with Crippen LogP contribution >= 0.6 is 0 Å². The molecule has 0 aliphatic rings. The van der Waals surface area contributed by atoms with E-state index in [1.165, 1.54) is 0 Å². The summed E-state index contributed by atoms with van der Waals surface area (Å²) in [5.74, 6) is 0.594. The van der Waals surface area contributed by atoms with Crippen LogP contribution in [0.15, 0.2) is 78.9 Å². The van der Waals surface area contributed by atoms with Gasteiger partial charge in [-0.25, -0.2) is 4.79 Å². The summed E-state index contributed by atoms with van der Waals surface area (Å²) in [7, 11) is 5.56. The first-order valence-electron chi connectivity index (χ1n) is 10.3. The zero-order valence-corrected chi connectivity index (χ0v) is 18.5. The summed E-state index contributed by atoms with van der Waals surface area (Å²) in [6.45, 7) is 0.422. The van der Waals surface area contributed by atoms with Crippen LogP contribution in [-0.2, 0) is 0 Å². The normalized spacial score (nSPS) is 11.5. The second kappa shape index (κ2) is 11.0. The lowest BCUT2D eigenvalue weighted by molar-refractivity contribution is 0.0941. The van der Waals surface area contributed by atoms with Crippen LogP contribution in [0.25, 0.3) is 0 Å². The van der Waals surface area contributed by atoms with Crippen molar-refractivity contribution in [3.8, 4) is 5.75 Å². The molecule has 0 saturated carbocycles. The van der Waals surface area contributed by atoms with Crippen molar-refractivity contribution < 1.29 is 14.3 Å². The van der Waals surface area contributed by atoms with E-state index in [0.717, 1.165) is 11.3 Å². The van der Waals surface area contributed by atoms with E-state index in [-0.39, 0.29) is 18.0 Å². The maximum absolute atomic E-state index is 12.7. The largest absolute Gasteiger partial charge is 0.496 e. The number of rotatable bonds is 8. The van der Waals surface area contributed by atoms with Crippen molar-refractivity contribution in [2.75, 3.05) is 38.4 Å². The summed E-state index contributed by atoms with van der Waals surface area (Å²) in [5.41, 5.74) is 2.81. The average Bonchev–Trinajstić information content (AvgIpc) is 2.80. The first-order chi connectivity index (χ1) is 15.5. The first kappa shape index (κ1) is 22.8. The Hall–Kier alpha value is -3.84. The van der Waals surface area contributed by atoms with Crippen LogP contribution in [0.2, 0.25) is 0 Å². The average molecular weight is 433 g/mol. The molecule has 0 bridgehead atoms. The summed E-state index contributed by atoms with van der Waals surface area (Å²) >= 11 is 0. The SMILES string of the molecule is COc1ccccc1C(CNC(=O)c1ccc(NC(=O)Nc2ccccc2)cc1)N(C)C. The Morgan fingerprint density at radius 1 is 0.844 bits per heavy atom. The van der Waals surface area contributed by atoms with E-state index in [0.29, 0.717) is 23.5 Å². The number of hydrogen-bond donors (Lipinski definition) is 3. The van der Waals surface area contributed by atoms with Crippen LogP contribution in [0.1, 0.15) is 22.0 Å². The fourth-order valence-corrected chi connectivity index (χ4v) is 3.32. The van der Waals surface area contributed by atoms with Gasteiger partial charge < -0.3 is 25.6 Å². The quantitative estimate of drug-likeness (QED) is 0.494. The predicted molar refractivity (Wildman–Crippen MR) is 127 cm³/mol. The van der Waals surface area contributed by atoms with E-state index in [4.69, 9.17) is 4.74 Å². The molecule has 0 radical (unpaired) electrons. The lowest BCUT2D eigenvalue weighted by Gasteiger charge is -2.26. The first-order valence-corrected chi connectivity index (χ1v) is 10.3. The molecule has 0 heterocycles. The number of benzene rings is 3. The van der Waals surface area contributed by atoms with Gasteiger partial charge >= 0.3 is 6.03 Å². The number of ether oxygens (including phenoxy) is 1. The number of carbonyl (C=O) groups excluding carboxylic acids is 2. The van der Waals surface area contributed by atoms with Crippen molar-refractivity contribution in [2.45, 2.75) is 6.04 Å². The molecular formula is C25H28N4O3. The molecule has 0 saturated heterocycles. The van der Waals surface area contributed by atoms with E-state index in [1.54, 1.807) is 43.5 Å². The standard InChI is InChI=1S/C25H28N4O3/c1-29(2)22(21-11-7-8-12-23(21)32-3)17-26-24(30)18-13-15-20(16-14-18)28-25(31)27-19-9-5-4-6-10-19/h4-16,22H,17H2,1-3H3,(H,26,30)(H2,27,28,31). The molecule has 7 nitrogen and oxygen atoms in total. The molecule has 3 rings (SSSR count). The summed E-state index contributed by atoms with van der Waals surface area (Å²) < 4.78 is 5.47. The fraction of sp³-hybridized carbons (Fsp3) is 0.200. The van der Waals surface area contributed by atoms with Crippen molar-refractivity contribution in [1.29, 1.82) is 0 Å². The molecule has 0 aliphatic carbocycles. The number of nitrogens with zero attached hydrogens (tertiary/aromatic N) is 1. The van der Waals surface area contributed by atoms with E-state index in [1.807, 2.05) is 61.5 Å². The second-order valence-electron chi connectivity index (χ2n) is 7.45. The van der Waals surface area contributed by atoms with Gasteiger partial charge in [-0.05, 0) is 56.6 Å². The number of methoxy groups -OCH3 is 1. The van der Waals surface area contributed by atoms with Crippen molar-refractivity contribution in [3.05, 3.63) is 90.0 Å². The molecule has 0 fully saturated rings. The number of anilines is 2. The van der Waals surface area contributed by atoms with Gasteiger partial charge in [0.1, 0.15) is 5.75 Å². The van der Waals surface area contributed by atoms with E-state index >= 15 is 0 Å². The number of carbonyl (C=O) groups is 2. The monoisotopic (exact) mass is 432 g/mol. The number of nitrogens with one attached hydrogen (secondary N) is 3. The van der Waals surface area contributed by atoms with Crippen molar-refractivity contribution in [1.82, 2.24) is 10.2 Å². The van der Waals surface area contributed by atoms with E-state index < -0.39 is 0 Å². The Balaban J connectivity index is 1.58. The molecule has 3 aromatic rings. The third kappa shape index (κ3) is 6.09. The van der Waals surface area contributed by atoms with Gasteiger partial charge in [0.15, 0.2) is 0 Å². The fourth-order valence-electron chi connectivity index (χ4n) is 3.32. The second-order valence-corrected chi connectivity index (χ2v) is 7.45. The number of amides is 3. The van der Waals surface area contributed by atoms with Crippen LogP contribution in [0.3, 0.4) is 0 Å². The molecular weight excluding hydrogens is 404 g/mol. The van der Waals surface area contributed by atoms with Crippen LogP contribution < -0.4 is 20.7 Å². The molecule has 0 aliphatic heterocycles. The van der Waals surface area contributed by atoms with Crippen molar-refractivity contribution in [2.24, 2.45) is 0 Å². The molecule has 32 heavy (non-hydrogen) atoms. The highest BCUT2D eigenvalue weighted by Crippen LogP contribution is 2.27. The Morgan fingerprint density at radius 3 is 2.06 bits per heavy atom. The van der Waals surface area contributed by atoms with Crippen LogP contribution in [0, 0.1) is 0 Å². The number of likely N-dealkylation sites (N-methyl/N-ethyl adjacent to an activating group) is 1. The highest BCUT2D eigenvalue weighted by molar-refractivity contribution is 6.00. The van der Waals surface area contributed by atoms with Gasteiger partial charge in [-0.15, -0.1) is 0 Å². The molecule has 3 N–H and O–H groups in total. The minimum Gasteiger partial charge on any atom is -0.496 e. The summed E-state index contributed by atoms with van der Waals surface area (Å²) in [4.78, 5) is 26.8. The zero-order valence-electron chi connectivity index (χ0n) is 18.5. The maximum atomic E-state index is 12.7.